The minimum atomic E-state index is -0.680. The average molecular weight is 376 g/mol. The minimum Gasteiger partial charge on any atom is -0.456 e. The lowest BCUT2D eigenvalue weighted by Crippen LogP contribution is -2.09. The van der Waals surface area contributed by atoms with E-state index in [0.717, 1.165) is 12.8 Å². The number of hydrogen-bond acceptors (Lipinski definition) is 8. The average Bonchev–Trinajstić information content (AvgIpc) is 3.29. The Labute approximate surface area is 152 Å². The van der Waals surface area contributed by atoms with Gasteiger partial charge in [0.15, 0.2) is 5.13 Å². The third kappa shape index (κ3) is 4.54. The SMILES string of the molecule is CC(=O)Nc1nc(COC(=O)c2ccc(NC3CC3)c([N+](=O)[O-])c2)cs1. The largest absolute Gasteiger partial charge is 0.456 e. The van der Waals surface area contributed by atoms with Gasteiger partial charge in [-0.3, -0.25) is 14.9 Å². The van der Waals surface area contributed by atoms with Gasteiger partial charge in [-0.25, -0.2) is 9.78 Å². The lowest BCUT2D eigenvalue weighted by Gasteiger charge is -2.07. The number of benzene rings is 1. The Hall–Kier alpha value is -3.01. The molecule has 1 aromatic heterocycles. The Morgan fingerprint density at radius 3 is 2.85 bits per heavy atom. The maximum atomic E-state index is 12.2. The molecule has 0 spiro atoms. The first-order valence-electron chi connectivity index (χ1n) is 7.86. The Morgan fingerprint density at radius 1 is 1.42 bits per heavy atom. The molecule has 0 radical (unpaired) electrons. The first-order valence-corrected chi connectivity index (χ1v) is 8.74. The number of anilines is 2. The zero-order valence-corrected chi connectivity index (χ0v) is 14.7. The monoisotopic (exact) mass is 376 g/mol. The summed E-state index contributed by atoms with van der Waals surface area (Å²) in [6.07, 6.45) is 1.96. The van der Waals surface area contributed by atoms with Crippen molar-refractivity contribution in [3.05, 3.63) is 45.0 Å². The van der Waals surface area contributed by atoms with Crippen LogP contribution in [0, 0.1) is 10.1 Å². The highest BCUT2D eigenvalue weighted by Gasteiger charge is 2.25. The van der Waals surface area contributed by atoms with E-state index < -0.39 is 10.9 Å². The van der Waals surface area contributed by atoms with Crippen LogP contribution in [0.2, 0.25) is 0 Å². The molecule has 0 bridgehead atoms. The molecule has 1 aromatic carbocycles. The number of carbonyl (C=O) groups excluding carboxylic acids is 2. The number of nitro groups is 1. The summed E-state index contributed by atoms with van der Waals surface area (Å²) < 4.78 is 5.15. The molecule has 1 saturated carbocycles. The number of nitro benzene ring substituents is 1. The van der Waals surface area contributed by atoms with E-state index in [-0.39, 0.29) is 29.8 Å². The first kappa shape index (κ1) is 17.8. The lowest BCUT2D eigenvalue weighted by molar-refractivity contribution is -0.384. The summed E-state index contributed by atoms with van der Waals surface area (Å²) >= 11 is 1.21. The van der Waals surface area contributed by atoms with E-state index in [1.165, 1.54) is 36.5 Å². The quantitative estimate of drug-likeness (QED) is 0.432. The number of nitrogens with zero attached hydrogens (tertiary/aromatic N) is 2. The second-order valence-electron chi connectivity index (χ2n) is 5.81. The number of carbonyl (C=O) groups is 2. The van der Waals surface area contributed by atoms with Crippen molar-refractivity contribution in [2.24, 2.45) is 0 Å². The molecular formula is C16H16N4O5S. The van der Waals surface area contributed by atoms with Gasteiger partial charge < -0.3 is 15.4 Å². The first-order chi connectivity index (χ1) is 12.4. The van der Waals surface area contributed by atoms with Crippen LogP contribution in [0.25, 0.3) is 0 Å². The van der Waals surface area contributed by atoms with Gasteiger partial charge in [-0.2, -0.15) is 0 Å². The number of hydrogen-bond donors (Lipinski definition) is 2. The molecule has 10 heteroatoms. The molecule has 0 aliphatic heterocycles. The maximum Gasteiger partial charge on any atom is 0.338 e. The van der Waals surface area contributed by atoms with E-state index in [1.54, 1.807) is 5.38 Å². The molecule has 1 amide bonds. The molecule has 136 valence electrons. The van der Waals surface area contributed by atoms with Gasteiger partial charge in [-0.15, -0.1) is 11.3 Å². The Morgan fingerprint density at radius 2 is 2.19 bits per heavy atom. The number of rotatable bonds is 7. The molecule has 0 unspecified atom stereocenters. The molecular weight excluding hydrogens is 360 g/mol. The summed E-state index contributed by atoms with van der Waals surface area (Å²) in [5, 5.41) is 18.9. The van der Waals surface area contributed by atoms with Crippen LogP contribution in [-0.2, 0) is 16.1 Å². The molecule has 2 aromatic rings. The predicted molar refractivity (Wildman–Crippen MR) is 95.3 cm³/mol. The number of aromatic nitrogens is 1. The number of ether oxygens (including phenoxy) is 1. The van der Waals surface area contributed by atoms with Crippen LogP contribution in [0.5, 0.6) is 0 Å². The van der Waals surface area contributed by atoms with E-state index >= 15 is 0 Å². The van der Waals surface area contributed by atoms with Gasteiger partial charge in [0.2, 0.25) is 5.91 Å². The molecule has 1 aliphatic rings. The van der Waals surface area contributed by atoms with E-state index in [1.807, 2.05) is 0 Å². The maximum absolute atomic E-state index is 12.2. The molecule has 2 N–H and O–H groups in total. The highest BCUT2D eigenvalue weighted by molar-refractivity contribution is 7.13. The van der Waals surface area contributed by atoms with Crippen molar-refractivity contribution in [1.82, 2.24) is 4.98 Å². The molecule has 1 aliphatic carbocycles. The Balaban J connectivity index is 1.65. The number of esters is 1. The van der Waals surface area contributed by atoms with Crippen LogP contribution in [0.3, 0.4) is 0 Å². The van der Waals surface area contributed by atoms with Crippen molar-refractivity contribution >= 4 is 39.7 Å². The number of thiazole rings is 1. The van der Waals surface area contributed by atoms with Crippen LogP contribution in [0.1, 0.15) is 35.8 Å². The second kappa shape index (κ2) is 7.48. The van der Waals surface area contributed by atoms with Crippen molar-refractivity contribution in [3.8, 4) is 0 Å². The summed E-state index contributed by atoms with van der Waals surface area (Å²) in [5.74, 6) is -0.921. The normalized spacial score (nSPS) is 13.1. The standard InChI is InChI=1S/C16H16N4O5S/c1-9(21)17-16-19-12(8-26-16)7-25-15(22)10-2-5-13(18-11-3-4-11)14(6-10)20(23)24/h2,5-6,8,11,18H,3-4,7H2,1H3,(H,17,19,21). The van der Waals surface area contributed by atoms with Crippen molar-refractivity contribution in [3.63, 3.8) is 0 Å². The van der Waals surface area contributed by atoms with Crippen LogP contribution in [0.15, 0.2) is 23.6 Å². The van der Waals surface area contributed by atoms with Gasteiger partial charge in [0.05, 0.1) is 16.2 Å². The van der Waals surface area contributed by atoms with Crippen LogP contribution >= 0.6 is 11.3 Å². The van der Waals surface area contributed by atoms with Crippen LogP contribution < -0.4 is 10.6 Å². The molecule has 26 heavy (non-hydrogen) atoms. The second-order valence-corrected chi connectivity index (χ2v) is 6.67. The number of amides is 1. The molecule has 9 nitrogen and oxygen atoms in total. The smallest absolute Gasteiger partial charge is 0.338 e. The van der Waals surface area contributed by atoms with E-state index in [0.29, 0.717) is 16.5 Å². The summed E-state index contributed by atoms with van der Waals surface area (Å²) in [7, 11) is 0. The zero-order chi connectivity index (χ0) is 18.7. The van der Waals surface area contributed by atoms with Crippen molar-refractivity contribution < 1.29 is 19.2 Å². The fourth-order valence-corrected chi connectivity index (χ4v) is 2.92. The topological polar surface area (TPSA) is 123 Å². The van der Waals surface area contributed by atoms with Gasteiger partial charge in [-0.1, -0.05) is 0 Å². The summed E-state index contributed by atoms with van der Waals surface area (Å²) in [6, 6.07) is 4.47. The third-order valence-corrected chi connectivity index (χ3v) is 4.36. The summed E-state index contributed by atoms with van der Waals surface area (Å²) in [5.41, 5.74) is 0.811. The van der Waals surface area contributed by atoms with E-state index in [4.69, 9.17) is 4.74 Å². The molecule has 0 atom stereocenters. The zero-order valence-electron chi connectivity index (χ0n) is 13.9. The fraction of sp³-hybridized carbons (Fsp3) is 0.312. The van der Waals surface area contributed by atoms with Gasteiger partial charge >= 0.3 is 5.97 Å². The van der Waals surface area contributed by atoms with Crippen LogP contribution in [-0.4, -0.2) is 27.8 Å². The predicted octanol–water partition coefficient (Wildman–Crippen LogP) is 2.94. The van der Waals surface area contributed by atoms with E-state index in [9.17, 15) is 19.7 Å². The molecule has 0 saturated heterocycles. The Bertz CT molecular complexity index is 862. The molecule has 1 heterocycles. The van der Waals surface area contributed by atoms with Crippen molar-refractivity contribution in [2.75, 3.05) is 10.6 Å². The van der Waals surface area contributed by atoms with Crippen LogP contribution in [0.4, 0.5) is 16.5 Å². The van der Waals surface area contributed by atoms with Gasteiger partial charge in [0, 0.05) is 24.4 Å². The van der Waals surface area contributed by atoms with Crippen molar-refractivity contribution in [1.29, 1.82) is 0 Å². The minimum absolute atomic E-state index is 0.0925. The fourth-order valence-electron chi connectivity index (χ4n) is 2.18. The van der Waals surface area contributed by atoms with Crippen molar-refractivity contribution in [2.45, 2.75) is 32.4 Å². The highest BCUT2D eigenvalue weighted by atomic mass is 32.1. The Kier molecular flexibility index (Phi) is 5.12. The summed E-state index contributed by atoms with van der Waals surface area (Å²) in [4.78, 5) is 38.0. The molecule has 1 fully saturated rings. The van der Waals surface area contributed by atoms with Gasteiger partial charge in [-0.05, 0) is 25.0 Å². The molecule has 3 rings (SSSR count). The van der Waals surface area contributed by atoms with Gasteiger partial charge in [0.25, 0.3) is 5.69 Å². The third-order valence-electron chi connectivity index (χ3n) is 3.55. The van der Waals surface area contributed by atoms with Gasteiger partial charge in [0.1, 0.15) is 12.3 Å². The van der Waals surface area contributed by atoms with E-state index in [2.05, 4.69) is 15.6 Å². The highest BCUT2D eigenvalue weighted by Crippen LogP contribution is 2.31. The summed E-state index contributed by atoms with van der Waals surface area (Å²) in [6.45, 7) is 1.28. The number of nitrogens with one attached hydrogen (secondary N) is 2. The lowest BCUT2D eigenvalue weighted by atomic mass is 10.1.